The van der Waals surface area contributed by atoms with Crippen LogP contribution in [-0.2, 0) is 0 Å². The zero-order valence-electron chi connectivity index (χ0n) is 9.54. The topological polar surface area (TPSA) is 9.23 Å². The summed E-state index contributed by atoms with van der Waals surface area (Å²) in [7, 11) is 0. The average Bonchev–Trinajstić information content (AvgIpc) is 2.23. The Morgan fingerprint density at radius 3 is 2.11 bits per heavy atom. The van der Waals surface area contributed by atoms with Gasteiger partial charge < -0.3 is 4.74 Å². The van der Waals surface area contributed by atoms with Gasteiger partial charge >= 0.3 is 12.1 Å². The van der Waals surface area contributed by atoms with E-state index < -0.39 is 18.7 Å². The van der Waals surface area contributed by atoms with E-state index in [1.807, 2.05) is 0 Å². The van der Waals surface area contributed by atoms with Crippen molar-refractivity contribution in [3.63, 3.8) is 0 Å². The van der Waals surface area contributed by atoms with Gasteiger partial charge in [-0.15, -0.1) is 0 Å². The molecule has 1 rings (SSSR count). The second kappa shape index (κ2) is 5.03. The van der Waals surface area contributed by atoms with Crippen molar-refractivity contribution in [1.29, 1.82) is 0 Å². The summed E-state index contributed by atoms with van der Waals surface area (Å²) >= 11 is 3.22. The van der Waals surface area contributed by atoms with Gasteiger partial charge in [0.05, 0.1) is 0 Å². The maximum Gasteiger partial charge on any atom is 0.456 e. The van der Waals surface area contributed by atoms with Crippen molar-refractivity contribution < 1.29 is 26.7 Å². The zero-order valence-corrected chi connectivity index (χ0v) is 11.1. The first kappa shape index (κ1) is 15.2. The van der Waals surface area contributed by atoms with E-state index in [1.165, 1.54) is 12.1 Å². The highest BCUT2D eigenvalue weighted by Gasteiger charge is 2.58. The molecule has 1 nitrogen and oxygen atoms in total. The van der Waals surface area contributed by atoms with E-state index in [2.05, 4.69) is 20.7 Å². The van der Waals surface area contributed by atoms with E-state index in [-0.39, 0.29) is 5.75 Å². The van der Waals surface area contributed by atoms with Crippen molar-refractivity contribution in [1.82, 2.24) is 0 Å². The van der Waals surface area contributed by atoms with E-state index in [1.54, 1.807) is 13.8 Å². The monoisotopic (exact) mass is 332 g/mol. The van der Waals surface area contributed by atoms with Crippen molar-refractivity contribution in [2.75, 3.05) is 6.61 Å². The Kier molecular flexibility index (Phi) is 4.25. The number of halogens is 6. The number of benzene rings is 1. The van der Waals surface area contributed by atoms with Crippen LogP contribution in [0.15, 0.2) is 16.6 Å². The van der Waals surface area contributed by atoms with Gasteiger partial charge in [0.15, 0.2) is 6.61 Å². The number of hydrogen-bond acceptors (Lipinski definition) is 1. The van der Waals surface area contributed by atoms with Crippen molar-refractivity contribution in [3.05, 3.63) is 27.7 Å². The molecule has 18 heavy (non-hydrogen) atoms. The molecule has 0 saturated heterocycles. The van der Waals surface area contributed by atoms with Gasteiger partial charge in [-0.25, -0.2) is 0 Å². The molecule has 0 bridgehead atoms. The summed E-state index contributed by atoms with van der Waals surface area (Å²) in [5.41, 5.74) is 1.24. The first-order chi connectivity index (χ1) is 8.06. The molecule has 0 aliphatic heterocycles. The predicted octanol–water partition coefficient (Wildman–Crippen LogP) is 4.64. The summed E-state index contributed by atoms with van der Waals surface area (Å²) in [6, 6.07) is 2.88. The molecule has 0 amide bonds. The van der Waals surface area contributed by atoms with Crippen LogP contribution < -0.4 is 4.74 Å². The van der Waals surface area contributed by atoms with Gasteiger partial charge in [-0.05, 0) is 37.1 Å². The number of ether oxygens (including phenoxy) is 1. The summed E-state index contributed by atoms with van der Waals surface area (Å²) in [4.78, 5) is 0. The third kappa shape index (κ3) is 3.13. The predicted molar refractivity (Wildman–Crippen MR) is 60.1 cm³/mol. The minimum atomic E-state index is -5.61. The highest BCUT2D eigenvalue weighted by molar-refractivity contribution is 9.10. The Morgan fingerprint density at radius 2 is 1.61 bits per heavy atom. The van der Waals surface area contributed by atoms with Crippen molar-refractivity contribution in [3.8, 4) is 5.75 Å². The normalized spacial score (nSPS) is 12.7. The van der Waals surface area contributed by atoms with Gasteiger partial charge in [0.25, 0.3) is 0 Å². The Balaban J connectivity index is 2.85. The second-order valence-corrected chi connectivity index (χ2v) is 4.64. The minimum Gasteiger partial charge on any atom is -0.487 e. The van der Waals surface area contributed by atoms with E-state index in [0.717, 1.165) is 10.0 Å². The van der Waals surface area contributed by atoms with Crippen LogP contribution in [0.1, 0.15) is 11.1 Å². The Bertz CT molecular complexity index is 442. The molecule has 102 valence electrons. The lowest BCUT2D eigenvalue weighted by atomic mass is 10.1. The first-order valence-corrected chi connectivity index (χ1v) is 5.68. The maximum absolute atomic E-state index is 12.7. The van der Waals surface area contributed by atoms with Crippen molar-refractivity contribution in [2.45, 2.75) is 25.9 Å². The molecule has 7 heteroatoms. The number of rotatable bonds is 3. The van der Waals surface area contributed by atoms with Crippen LogP contribution in [0.4, 0.5) is 22.0 Å². The van der Waals surface area contributed by atoms with Gasteiger partial charge in [0.2, 0.25) is 0 Å². The zero-order chi connectivity index (χ0) is 14.1. The SMILES string of the molecule is Cc1c(Br)ccc(OCC(F)(F)C(F)(F)F)c1C. The first-order valence-electron chi connectivity index (χ1n) is 4.89. The number of hydrogen-bond donors (Lipinski definition) is 0. The van der Waals surface area contributed by atoms with Gasteiger partial charge in [-0.2, -0.15) is 22.0 Å². The second-order valence-electron chi connectivity index (χ2n) is 3.79. The van der Waals surface area contributed by atoms with Crippen molar-refractivity contribution in [2.24, 2.45) is 0 Å². The molecule has 0 radical (unpaired) electrons. The Labute approximate surface area is 109 Å². The molecule has 1 aromatic carbocycles. The Morgan fingerprint density at radius 1 is 1.06 bits per heavy atom. The summed E-state index contributed by atoms with van der Waals surface area (Å²) in [6.45, 7) is 1.56. The molecule has 0 atom stereocenters. The highest BCUT2D eigenvalue weighted by atomic mass is 79.9. The van der Waals surface area contributed by atoms with Crippen LogP contribution in [0.25, 0.3) is 0 Å². The Hall–Kier alpha value is -0.850. The highest BCUT2D eigenvalue weighted by Crippen LogP contribution is 2.36. The average molecular weight is 333 g/mol. The van der Waals surface area contributed by atoms with Crippen LogP contribution >= 0.6 is 15.9 Å². The standard InChI is InChI=1S/C11H10BrF5O/c1-6-7(2)9(4-3-8(6)12)18-5-10(13,14)11(15,16)17/h3-4H,5H2,1-2H3. The van der Waals surface area contributed by atoms with Crippen LogP contribution in [0.2, 0.25) is 0 Å². The van der Waals surface area contributed by atoms with E-state index in [9.17, 15) is 22.0 Å². The molecule has 0 aromatic heterocycles. The maximum atomic E-state index is 12.7. The van der Waals surface area contributed by atoms with Crippen LogP contribution in [-0.4, -0.2) is 18.7 Å². The largest absolute Gasteiger partial charge is 0.487 e. The summed E-state index contributed by atoms with van der Waals surface area (Å²) in [5.74, 6) is -4.85. The summed E-state index contributed by atoms with van der Waals surface area (Å²) in [5, 5.41) is 0. The minimum absolute atomic E-state index is 0.0135. The van der Waals surface area contributed by atoms with Gasteiger partial charge in [0, 0.05) is 4.47 Å². The number of alkyl halides is 5. The fraction of sp³-hybridized carbons (Fsp3) is 0.455. The molecule has 1 aromatic rings. The van der Waals surface area contributed by atoms with E-state index >= 15 is 0 Å². The molecule has 0 aliphatic rings. The fourth-order valence-corrected chi connectivity index (χ4v) is 1.60. The van der Waals surface area contributed by atoms with E-state index in [0.29, 0.717) is 5.56 Å². The molecular formula is C11H10BrF5O. The molecule has 0 heterocycles. The van der Waals surface area contributed by atoms with Crippen LogP contribution in [0.3, 0.4) is 0 Å². The molecule has 0 saturated carbocycles. The third-order valence-corrected chi connectivity index (χ3v) is 3.35. The quantitative estimate of drug-likeness (QED) is 0.732. The van der Waals surface area contributed by atoms with Crippen molar-refractivity contribution >= 4 is 15.9 Å². The molecule has 0 spiro atoms. The van der Waals surface area contributed by atoms with Crippen LogP contribution in [0.5, 0.6) is 5.75 Å². The fourth-order valence-electron chi connectivity index (χ4n) is 1.17. The summed E-state index contributed by atoms with van der Waals surface area (Å²) < 4.78 is 66.5. The molecule has 0 fully saturated rings. The van der Waals surface area contributed by atoms with Gasteiger partial charge in [0.1, 0.15) is 5.75 Å². The molecule has 0 unspecified atom stereocenters. The van der Waals surface area contributed by atoms with Crippen LogP contribution in [0, 0.1) is 13.8 Å². The molecule has 0 aliphatic carbocycles. The lowest BCUT2D eigenvalue weighted by Gasteiger charge is -2.21. The molecular weight excluding hydrogens is 323 g/mol. The third-order valence-electron chi connectivity index (χ3n) is 2.50. The van der Waals surface area contributed by atoms with Gasteiger partial charge in [-0.3, -0.25) is 0 Å². The van der Waals surface area contributed by atoms with E-state index in [4.69, 9.17) is 0 Å². The smallest absolute Gasteiger partial charge is 0.456 e. The molecule has 0 N–H and O–H groups in total. The lowest BCUT2D eigenvalue weighted by Crippen LogP contribution is -2.41. The lowest BCUT2D eigenvalue weighted by molar-refractivity contribution is -0.290. The summed E-state index contributed by atoms with van der Waals surface area (Å²) in [6.07, 6.45) is -5.61. The van der Waals surface area contributed by atoms with Gasteiger partial charge in [-0.1, -0.05) is 15.9 Å².